The van der Waals surface area contributed by atoms with Gasteiger partial charge in [0.05, 0.1) is 6.54 Å². The monoisotopic (exact) mass is 270 g/mol. The van der Waals surface area contributed by atoms with Gasteiger partial charge in [-0.25, -0.2) is 0 Å². The number of hydrogen-bond acceptors (Lipinski definition) is 4. The Morgan fingerprint density at radius 1 is 1.42 bits per heavy atom. The van der Waals surface area contributed by atoms with Crippen molar-refractivity contribution in [1.82, 2.24) is 10.6 Å². The minimum absolute atomic E-state index is 0.00743. The molecule has 5 heteroatoms. The lowest BCUT2D eigenvalue weighted by Crippen LogP contribution is -2.38. The zero-order chi connectivity index (χ0) is 14.1. The van der Waals surface area contributed by atoms with Gasteiger partial charge in [-0.3, -0.25) is 4.79 Å². The van der Waals surface area contributed by atoms with Crippen molar-refractivity contribution >= 4 is 5.91 Å². The fourth-order valence-corrected chi connectivity index (χ4v) is 2.23. The van der Waals surface area contributed by atoms with Crippen LogP contribution in [0.25, 0.3) is 0 Å². The highest BCUT2D eigenvalue weighted by molar-refractivity contribution is 5.76. The molecule has 0 radical (unpaired) electrons. The molecule has 1 saturated carbocycles. The molecule has 0 aromatic heterocycles. The molecule has 0 heterocycles. The summed E-state index contributed by atoms with van der Waals surface area (Å²) in [6.45, 7) is 5.14. The van der Waals surface area contributed by atoms with Gasteiger partial charge < -0.3 is 20.1 Å². The molecule has 1 aliphatic rings. The smallest absolute Gasteiger partial charge is 0.221 e. The standard InChI is InChI=1S/C14H26N2O3/c1-11-6-4-5-7-12(11)15-9-8-13(17)16-10-14(18-2)19-3/h12,14-15H,1,4-10H2,2-3H3,(H,16,17). The maximum Gasteiger partial charge on any atom is 0.221 e. The van der Waals surface area contributed by atoms with Gasteiger partial charge in [-0.05, 0) is 19.3 Å². The fourth-order valence-electron chi connectivity index (χ4n) is 2.23. The molecule has 1 fully saturated rings. The SMILES string of the molecule is C=C1CCCCC1NCCC(=O)NCC(OC)OC. The average molecular weight is 270 g/mol. The summed E-state index contributed by atoms with van der Waals surface area (Å²) < 4.78 is 10.00. The average Bonchev–Trinajstić information content (AvgIpc) is 2.42. The van der Waals surface area contributed by atoms with E-state index in [-0.39, 0.29) is 12.2 Å². The van der Waals surface area contributed by atoms with Crippen molar-refractivity contribution in [2.45, 2.75) is 44.4 Å². The number of methoxy groups -OCH3 is 2. The maximum atomic E-state index is 11.6. The van der Waals surface area contributed by atoms with Crippen LogP contribution in [0.2, 0.25) is 0 Å². The Morgan fingerprint density at radius 2 is 2.16 bits per heavy atom. The molecule has 19 heavy (non-hydrogen) atoms. The van der Waals surface area contributed by atoms with Crippen LogP contribution in [-0.4, -0.2) is 45.5 Å². The highest BCUT2D eigenvalue weighted by Gasteiger charge is 2.16. The molecular weight excluding hydrogens is 244 g/mol. The Hall–Kier alpha value is -0.910. The first kappa shape index (κ1) is 16.1. The van der Waals surface area contributed by atoms with Crippen LogP contribution in [0, 0.1) is 0 Å². The van der Waals surface area contributed by atoms with Crippen LogP contribution in [0.4, 0.5) is 0 Å². The second-order valence-electron chi connectivity index (χ2n) is 4.87. The minimum Gasteiger partial charge on any atom is -0.354 e. The summed E-state index contributed by atoms with van der Waals surface area (Å²) in [5, 5.41) is 6.18. The molecule has 0 aromatic carbocycles. The largest absolute Gasteiger partial charge is 0.354 e. The van der Waals surface area contributed by atoms with E-state index in [1.54, 1.807) is 14.2 Å². The molecule has 0 aliphatic heterocycles. The summed E-state index contributed by atoms with van der Waals surface area (Å²) in [5.74, 6) is 0.00743. The number of ether oxygens (including phenoxy) is 2. The number of nitrogens with one attached hydrogen (secondary N) is 2. The van der Waals surface area contributed by atoms with E-state index < -0.39 is 0 Å². The van der Waals surface area contributed by atoms with Gasteiger partial charge in [0.25, 0.3) is 0 Å². The molecular formula is C14H26N2O3. The lowest BCUT2D eigenvalue weighted by Gasteiger charge is -2.25. The zero-order valence-electron chi connectivity index (χ0n) is 12.0. The molecule has 2 N–H and O–H groups in total. The lowest BCUT2D eigenvalue weighted by molar-refractivity contribution is -0.127. The number of amides is 1. The van der Waals surface area contributed by atoms with Gasteiger partial charge in [0.15, 0.2) is 6.29 Å². The maximum absolute atomic E-state index is 11.6. The van der Waals surface area contributed by atoms with Crippen molar-refractivity contribution in [2.75, 3.05) is 27.3 Å². The van der Waals surface area contributed by atoms with Crippen LogP contribution in [0.1, 0.15) is 32.1 Å². The molecule has 1 unspecified atom stereocenters. The Bertz CT molecular complexity index is 290. The van der Waals surface area contributed by atoms with Gasteiger partial charge >= 0.3 is 0 Å². The van der Waals surface area contributed by atoms with Crippen molar-refractivity contribution in [3.63, 3.8) is 0 Å². The van der Waals surface area contributed by atoms with Crippen LogP contribution >= 0.6 is 0 Å². The second kappa shape index (κ2) is 9.07. The summed E-state index contributed by atoms with van der Waals surface area (Å²) in [6.07, 6.45) is 4.81. The second-order valence-corrected chi connectivity index (χ2v) is 4.87. The van der Waals surface area contributed by atoms with Gasteiger partial charge in [-0.1, -0.05) is 18.6 Å². The molecule has 1 atom stereocenters. The molecule has 5 nitrogen and oxygen atoms in total. The summed E-state index contributed by atoms with van der Waals surface area (Å²) in [5.41, 5.74) is 1.27. The van der Waals surface area contributed by atoms with E-state index in [1.165, 1.54) is 18.4 Å². The third-order valence-electron chi connectivity index (χ3n) is 3.47. The summed E-state index contributed by atoms with van der Waals surface area (Å²) in [4.78, 5) is 11.6. The van der Waals surface area contributed by atoms with Crippen LogP contribution in [0.3, 0.4) is 0 Å². The van der Waals surface area contributed by atoms with Gasteiger partial charge in [0.2, 0.25) is 5.91 Å². The van der Waals surface area contributed by atoms with Crippen LogP contribution in [-0.2, 0) is 14.3 Å². The van der Waals surface area contributed by atoms with Gasteiger partial charge in [0, 0.05) is 33.2 Å². The van der Waals surface area contributed by atoms with E-state index in [0.717, 1.165) is 12.8 Å². The first-order valence-electron chi connectivity index (χ1n) is 6.90. The van der Waals surface area contributed by atoms with Gasteiger partial charge in [-0.15, -0.1) is 0 Å². The predicted molar refractivity (Wildman–Crippen MR) is 74.8 cm³/mol. The highest BCUT2D eigenvalue weighted by atomic mass is 16.7. The van der Waals surface area contributed by atoms with Crippen LogP contribution < -0.4 is 10.6 Å². The topological polar surface area (TPSA) is 59.6 Å². The molecule has 0 aromatic rings. The summed E-state index contributed by atoms with van der Waals surface area (Å²) >= 11 is 0. The Kier molecular flexibility index (Phi) is 7.70. The molecule has 110 valence electrons. The van der Waals surface area contributed by atoms with Crippen molar-refractivity contribution < 1.29 is 14.3 Å². The molecule has 1 rings (SSSR count). The zero-order valence-corrected chi connectivity index (χ0v) is 12.0. The quantitative estimate of drug-likeness (QED) is 0.514. The van der Waals surface area contributed by atoms with E-state index in [1.807, 2.05) is 0 Å². The molecule has 1 amide bonds. The van der Waals surface area contributed by atoms with Crippen LogP contribution in [0.5, 0.6) is 0 Å². The summed E-state index contributed by atoms with van der Waals surface area (Å²) in [6, 6.07) is 0.382. The molecule has 0 spiro atoms. The Morgan fingerprint density at radius 3 is 2.79 bits per heavy atom. The van der Waals surface area contributed by atoms with Crippen molar-refractivity contribution in [3.8, 4) is 0 Å². The van der Waals surface area contributed by atoms with E-state index in [9.17, 15) is 4.79 Å². The molecule has 0 saturated heterocycles. The van der Waals surface area contributed by atoms with Crippen molar-refractivity contribution in [3.05, 3.63) is 12.2 Å². The minimum atomic E-state index is -0.380. The first-order valence-corrected chi connectivity index (χ1v) is 6.90. The van der Waals surface area contributed by atoms with E-state index in [2.05, 4.69) is 17.2 Å². The normalized spacial score (nSPS) is 19.7. The lowest BCUT2D eigenvalue weighted by atomic mass is 9.91. The first-order chi connectivity index (χ1) is 9.17. The number of carbonyl (C=O) groups is 1. The highest BCUT2D eigenvalue weighted by Crippen LogP contribution is 2.21. The third kappa shape index (κ3) is 6.18. The van der Waals surface area contributed by atoms with E-state index in [4.69, 9.17) is 9.47 Å². The number of carbonyl (C=O) groups excluding carboxylic acids is 1. The van der Waals surface area contributed by atoms with Gasteiger partial charge in [0.1, 0.15) is 0 Å². The van der Waals surface area contributed by atoms with Gasteiger partial charge in [-0.2, -0.15) is 0 Å². The molecule has 1 aliphatic carbocycles. The van der Waals surface area contributed by atoms with Crippen molar-refractivity contribution in [2.24, 2.45) is 0 Å². The van der Waals surface area contributed by atoms with Crippen molar-refractivity contribution in [1.29, 1.82) is 0 Å². The fraction of sp³-hybridized carbons (Fsp3) is 0.786. The number of rotatable bonds is 8. The van der Waals surface area contributed by atoms with Crippen LogP contribution in [0.15, 0.2) is 12.2 Å². The Labute approximate surface area is 115 Å². The Balaban J connectivity index is 2.11. The predicted octanol–water partition coefficient (Wildman–Crippen LogP) is 1.20. The molecule has 0 bridgehead atoms. The summed E-state index contributed by atoms with van der Waals surface area (Å²) in [7, 11) is 3.10. The third-order valence-corrected chi connectivity index (χ3v) is 3.47. The van der Waals surface area contributed by atoms with E-state index in [0.29, 0.717) is 25.6 Å². The van der Waals surface area contributed by atoms with E-state index >= 15 is 0 Å². The number of hydrogen-bond donors (Lipinski definition) is 2.